The molecule has 4 rings (SSSR count). The lowest BCUT2D eigenvalue weighted by molar-refractivity contribution is 0.894. The molecule has 0 radical (unpaired) electrons. The average Bonchev–Trinajstić information content (AvgIpc) is 2.82. The Hall–Kier alpha value is -3.29. The van der Waals surface area contributed by atoms with Crippen molar-refractivity contribution in [1.29, 1.82) is 0 Å². The van der Waals surface area contributed by atoms with Gasteiger partial charge in [0.15, 0.2) is 0 Å². The average molecular weight is 409 g/mol. The van der Waals surface area contributed by atoms with Crippen LogP contribution in [0.5, 0.6) is 0 Å². The molecule has 0 aliphatic heterocycles. The molecule has 0 spiro atoms. The fourth-order valence-electron chi connectivity index (χ4n) is 3.52. The molecule has 0 bridgehead atoms. The predicted molar refractivity (Wildman–Crippen MR) is 127 cm³/mol. The number of hydrogen-bond donors (Lipinski definition) is 0. The van der Waals surface area contributed by atoms with E-state index in [4.69, 9.17) is 4.85 Å². The van der Waals surface area contributed by atoms with Crippen molar-refractivity contribution in [1.82, 2.24) is 0 Å². The lowest BCUT2D eigenvalue weighted by Crippen LogP contribution is -2.25. The smallest absolute Gasteiger partial charge is 0.0874 e. The highest BCUT2D eigenvalue weighted by Gasteiger charge is 2.27. The Morgan fingerprint density at radius 1 is 0.567 bits per heavy atom. The van der Waals surface area contributed by atoms with E-state index in [0.29, 0.717) is 6.54 Å². The Kier molecular flexibility index (Phi) is 6.32. The number of aryl methyl sites for hydroxylation is 1. The van der Waals surface area contributed by atoms with Gasteiger partial charge in [0.1, 0.15) is 0 Å². The van der Waals surface area contributed by atoms with Crippen LogP contribution in [-0.4, -0.2) is 0 Å². The summed E-state index contributed by atoms with van der Waals surface area (Å²) in [6.45, 7) is 2.62. The molecular formula is C26H24N3P. The van der Waals surface area contributed by atoms with Crippen LogP contribution in [0.25, 0.3) is 0 Å². The van der Waals surface area contributed by atoms with Crippen molar-refractivity contribution in [2.75, 3.05) is 0 Å². The summed E-state index contributed by atoms with van der Waals surface area (Å²) >= 11 is 0. The first kappa shape index (κ1) is 20.0. The topological polar surface area (TPSA) is 37.1 Å². The lowest BCUT2D eigenvalue weighted by atomic mass is 10.1. The summed E-state index contributed by atoms with van der Waals surface area (Å²) in [5.74, 6) is 0. The molecule has 30 heavy (non-hydrogen) atoms. The highest BCUT2D eigenvalue weighted by atomic mass is 31.2. The van der Waals surface area contributed by atoms with Gasteiger partial charge in [-0.15, -0.1) is 4.85 Å². The second kappa shape index (κ2) is 9.47. The summed E-state index contributed by atoms with van der Waals surface area (Å²) in [5, 5.41) is 12.4. The monoisotopic (exact) mass is 409 g/mol. The van der Waals surface area contributed by atoms with E-state index in [1.165, 1.54) is 11.1 Å². The Labute approximate surface area is 178 Å². The largest absolute Gasteiger partial charge is 0.164 e. The summed E-state index contributed by atoms with van der Waals surface area (Å²) in [5.41, 5.74) is 2.38. The summed E-state index contributed by atoms with van der Waals surface area (Å²) in [7, 11) is -2.32. The van der Waals surface area contributed by atoms with Crippen LogP contribution in [0.3, 0.4) is 0 Å². The van der Waals surface area contributed by atoms with Gasteiger partial charge in [0.05, 0.1) is 13.6 Å². The number of hydrogen-bond acceptors (Lipinski definition) is 1. The van der Waals surface area contributed by atoms with Crippen molar-refractivity contribution in [2.45, 2.75) is 13.5 Å². The molecular weight excluding hydrogens is 385 g/mol. The summed E-state index contributed by atoms with van der Waals surface area (Å²) < 4.78 is 0. The highest BCUT2D eigenvalue weighted by Crippen LogP contribution is 2.46. The van der Waals surface area contributed by atoms with Crippen molar-refractivity contribution < 1.29 is 0 Å². The van der Waals surface area contributed by atoms with E-state index in [9.17, 15) is 0 Å². The van der Waals surface area contributed by atoms with E-state index >= 15 is 0 Å². The van der Waals surface area contributed by atoms with Crippen molar-refractivity contribution >= 4 is 23.0 Å². The van der Waals surface area contributed by atoms with Crippen molar-refractivity contribution in [3.05, 3.63) is 126 Å². The zero-order valence-corrected chi connectivity index (χ0v) is 17.9. The summed E-state index contributed by atoms with van der Waals surface area (Å²) in [6.07, 6.45) is 0. The molecule has 0 unspecified atom stereocenters. The van der Waals surface area contributed by atoms with Crippen LogP contribution in [0, 0.1) is 6.92 Å². The third-order valence-electron chi connectivity index (χ3n) is 5.13. The van der Waals surface area contributed by atoms with Gasteiger partial charge in [-0.3, -0.25) is 0 Å². The van der Waals surface area contributed by atoms with E-state index < -0.39 is 7.05 Å². The Bertz CT molecular complexity index is 1070. The quantitative estimate of drug-likeness (QED) is 0.212. The van der Waals surface area contributed by atoms with Gasteiger partial charge in [-0.2, -0.15) is 5.11 Å². The molecule has 148 valence electrons. The van der Waals surface area contributed by atoms with Gasteiger partial charge in [0, 0.05) is 15.9 Å². The molecule has 0 atom stereocenters. The maximum Gasteiger partial charge on any atom is 0.0874 e. The first-order valence-electron chi connectivity index (χ1n) is 10.0. The van der Waals surface area contributed by atoms with Gasteiger partial charge in [-0.25, -0.2) is 0 Å². The predicted octanol–water partition coefficient (Wildman–Crippen LogP) is 6.04. The summed E-state index contributed by atoms with van der Waals surface area (Å²) in [6, 6.07) is 39.6. The fourth-order valence-corrected chi connectivity index (χ4v) is 6.71. The van der Waals surface area contributed by atoms with Crippen LogP contribution in [-0.2, 0) is 6.54 Å². The minimum absolute atomic E-state index is 0.522. The van der Waals surface area contributed by atoms with Gasteiger partial charge in [-0.05, 0) is 23.3 Å². The SMILES string of the molecule is Cc1ccccc1CN=NN=P(c1ccccc1)(c1ccccc1)c1ccccc1. The van der Waals surface area contributed by atoms with Gasteiger partial charge >= 0.3 is 0 Å². The Morgan fingerprint density at radius 3 is 1.47 bits per heavy atom. The van der Waals surface area contributed by atoms with Crippen LogP contribution in [0.1, 0.15) is 11.1 Å². The third kappa shape index (κ3) is 4.17. The minimum atomic E-state index is -2.32. The first-order chi connectivity index (χ1) is 14.8. The maximum absolute atomic E-state index is 4.98. The van der Waals surface area contributed by atoms with E-state index in [1.54, 1.807) is 0 Å². The number of benzene rings is 4. The zero-order valence-electron chi connectivity index (χ0n) is 17.0. The van der Waals surface area contributed by atoms with E-state index in [1.807, 2.05) is 30.3 Å². The molecule has 0 aliphatic carbocycles. The molecule has 0 aliphatic rings. The molecule has 0 N–H and O–H groups in total. The molecule has 0 heterocycles. The molecule has 0 aromatic heterocycles. The Balaban J connectivity index is 1.87. The molecule has 4 aromatic rings. The van der Waals surface area contributed by atoms with E-state index in [-0.39, 0.29) is 0 Å². The minimum Gasteiger partial charge on any atom is -0.164 e. The first-order valence-corrected chi connectivity index (χ1v) is 11.7. The highest BCUT2D eigenvalue weighted by molar-refractivity contribution is 7.87. The van der Waals surface area contributed by atoms with Gasteiger partial charge in [-0.1, -0.05) is 115 Å². The van der Waals surface area contributed by atoms with Crippen LogP contribution >= 0.6 is 7.05 Å². The molecule has 4 heteroatoms. The van der Waals surface area contributed by atoms with E-state index in [0.717, 1.165) is 15.9 Å². The number of rotatable bonds is 6. The molecule has 0 fully saturated rings. The van der Waals surface area contributed by atoms with Crippen molar-refractivity contribution in [2.24, 2.45) is 15.2 Å². The fraction of sp³-hybridized carbons (Fsp3) is 0.0769. The standard InChI is InChI=1S/C26H24N3P/c1-22-13-11-12-14-23(22)21-27-28-29-30(24-15-5-2-6-16-24,25-17-7-3-8-18-25)26-19-9-4-10-20-26/h2-20H,21H2,1H3. The normalized spacial score (nSPS) is 11.5. The van der Waals surface area contributed by atoms with Gasteiger partial charge in [0.2, 0.25) is 0 Å². The van der Waals surface area contributed by atoms with Crippen LogP contribution in [0.4, 0.5) is 0 Å². The molecule has 3 nitrogen and oxygen atoms in total. The van der Waals surface area contributed by atoms with Gasteiger partial charge in [0.25, 0.3) is 0 Å². The molecule has 0 amide bonds. The zero-order chi connectivity index (χ0) is 20.7. The van der Waals surface area contributed by atoms with Gasteiger partial charge < -0.3 is 0 Å². The number of nitrogens with zero attached hydrogens (tertiary/aromatic N) is 3. The lowest BCUT2D eigenvalue weighted by Gasteiger charge is -2.24. The summed E-state index contributed by atoms with van der Waals surface area (Å²) in [4.78, 5) is 4.98. The van der Waals surface area contributed by atoms with Crippen molar-refractivity contribution in [3.8, 4) is 0 Å². The Morgan fingerprint density at radius 2 is 1.00 bits per heavy atom. The maximum atomic E-state index is 4.98. The molecule has 0 saturated carbocycles. The second-order valence-corrected chi connectivity index (χ2v) is 10.0. The van der Waals surface area contributed by atoms with Crippen LogP contribution < -0.4 is 15.9 Å². The van der Waals surface area contributed by atoms with Crippen molar-refractivity contribution in [3.63, 3.8) is 0 Å². The molecule has 4 aromatic carbocycles. The third-order valence-corrected chi connectivity index (χ3v) is 8.61. The van der Waals surface area contributed by atoms with E-state index in [2.05, 4.69) is 102 Å². The molecule has 0 saturated heterocycles. The van der Waals surface area contributed by atoms with Crippen LogP contribution in [0.15, 0.2) is 130 Å². The second-order valence-electron chi connectivity index (χ2n) is 7.05. The van der Waals surface area contributed by atoms with Crippen LogP contribution in [0.2, 0.25) is 0 Å².